The number of hydrogen-bond donors (Lipinski definition) is 3. The summed E-state index contributed by atoms with van der Waals surface area (Å²) in [5, 5.41) is 16.5. The van der Waals surface area contributed by atoms with E-state index in [1.807, 2.05) is 31.4 Å². The molecule has 3 N–H and O–H groups in total. The van der Waals surface area contributed by atoms with Crippen molar-refractivity contribution in [2.24, 2.45) is 0 Å². The fraction of sp³-hybridized carbons (Fsp3) is 0.316. The first-order valence-corrected chi connectivity index (χ1v) is 9.28. The van der Waals surface area contributed by atoms with Gasteiger partial charge < -0.3 is 20.5 Å². The van der Waals surface area contributed by atoms with E-state index in [0.717, 1.165) is 4.88 Å². The van der Waals surface area contributed by atoms with Gasteiger partial charge in [-0.15, -0.1) is 11.3 Å². The lowest BCUT2D eigenvalue weighted by atomic mass is 10.1. The maximum Gasteiger partial charge on any atom is 0.335 e. The monoisotopic (exact) mass is 390 g/mol. The van der Waals surface area contributed by atoms with Crippen LogP contribution in [0.5, 0.6) is 5.75 Å². The molecule has 2 amide bonds. The van der Waals surface area contributed by atoms with Crippen molar-refractivity contribution < 1.29 is 24.2 Å². The van der Waals surface area contributed by atoms with Gasteiger partial charge in [0.25, 0.3) is 0 Å². The van der Waals surface area contributed by atoms with E-state index in [4.69, 9.17) is 4.74 Å². The largest absolute Gasteiger partial charge is 0.489 e. The number of thiophene rings is 1. The molecule has 1 aromatic carbocycles. The second-order valence-electron chi connectivity index (χ2n) is 6.20. The molecule has 0 aliphatic rings. The Hall–Kier alpha value is -2.87. The van der Waals surface area contributed by atoms with Gasteiger partial charge in [0, 0.05) is 11.8 Å². The van der Waals surface area contributed by atoms with Crippen LogP contribution in [0.2, 0.25) is 0 Å². The number of aromatic carboxylic acids is 1. The van der Waals surface area contributed by atoms with Crippen LogP contribution < -0.4 is 15.4 Å². The molecule has 2 aromatic rings. The summed E-state index contributed by atoms with van der Waals surface area (Å²) >= 11 is 1.44. The maximum absolute atomic E-state index is 12.6. The third-order valence-corrected chi connectivity index (χ3v) is 4.50. The van der Waals surface area contributed by atoms with Crippen LogP contribution in [-0.2, 0) is 9.59 Å². The second-order valence-corrected chi connectivity index (χ2v) is 7.18. The Morgan fingerprint density at radius 2 is 1.96 bits per heavy atom. The van der Waals surface area contributed by atoms with Crippen molar-refractivity contribution in [1.82, 2.24) is 5.32 Å². The molecule has 0 radical (unpaired) electrons. The molecular formula is C19H22N2O5S. The number of carboxylic acid groups (broad SMARTS) is 1. The summed E-state index contributed by atoms with van der Waals surface area (Å²) in [6.07, 6.45) is -0.131. The summed E-state index contributed by atoms with van der Waals surface area (Å²) in [6, 6.07) is 7.52. The molecule has 0 saturated carbocycles. The van der Waals surface area contributed by atoms with E-state index in [0.29, 0.717) is 5.75 Å². The molecule has 144 valence electrons. The van der Waals surface area contributed by atoms with E-state index in [-0.39, 0.29) is 35.6 Å². The highest BCUT2D eigenvalue weighted by Gasteiger charge is 2.20. The lowest BCUT2D eigenvalue weighted by molar-refractivity contribution is -0.120. The van der Waals surface area contributed by atoms with Gasteiger partial charge in [-0.05, 0) is 43.5 Å². The summed E-state index contributed by atoms with van der Waals surface area (Å²) in [7, 11) is 0. The molecule has 0 spiro atoms. The van der Waals surface area contributed by atoms with E-state index < -0.39 is 12.0 Å². The minimum absolute atomic E-state index is 0.0124. The molecule has 8 heteroatoms. The summed E-state index contributed by atoms with van der Waals surface area (Å²) < 4.78 is 5.65. The van der Waals surface area contributed by atoms with E-state index >= 15 is 0 Å². The third kappa shape index (κ3) is 6.10. The number of rotatable bonds is 8. The summed E-state index contributed by atoms with van der Waals surface area (Å²) in [4.78, 5) is 36.1. The Bertz CT molecular complexity index is 818. The zero-order valence-corrected chi connectivity index (χ0v) is 16.1. The predicted molar refractivity (Wildman–Crippen MR) is 103 cm³/mol. The highest BCUT2D eigenvalue weighted by atomic mass is 32.1. The van der Waals surface area contributed by atoms with Crippen LogP contribution in [0.25, 0.3) is 0 Å². The molecule has 0 bridgehead atoms. The number of carbonyl (C=O) groups is 3. The van der Waals surface area contributed by atoms with Crippen LogP contribution in [-0.4, -0.2) is 29.0 Å². The predicted octanol–water partition coefficient (Wildman–Crippen LogP) is 3.44. The van der Waals surface area contributed by atoms with Gasteiger partial charge in [-0.3, -0.25) is 9.59 Å². The molecule has 2 rings (SSSR count). The van der Waals surface area contributed by atoms with Gasteiger partial charge in [0.15, 0.2) is 0 Å². The minimum Gasteiger partial charge on any atom is -0.489 e. The topological polar surface area (TPSA) is 105 Å². The molecule has 27 heavy (non-hydrogen) atoms. The number of ether oxygens (including phenoxy) is 1. The maximum atomic E-state index is 12.6. The van der Waals surface area contributed by atoms with Crippen LogP contribution in [0.1, 0.15) is 48.5 Å². The Kier molecular flexibility index (Phi) is 6.95. The molecule has 1 atom stereocenters. The molecule has 0 saturated heterocycles. The number of hydrogen-bond acceptors (Lipinski definition) is 5. The van der Waals surface area contributed by atoms with Gasteiger partial charge >= 0.3 is 5.97 Å². The highest BCUT2D eigenvalue weighted by Crippen LogP contribution is 2.28. The highest BCUT2D eigenvalue weighted by molar-refractivity contribution is 7.10. The van der Waals surface area contributed by atoms with Gasteiger partial charge in [-0.25, -0.2) is 4.79 Å². The van der Waals surface area contributed by atoms with E-state index in [1.54, 1.807) is 0 Å². The standard InChI is InChI=1S/C19H22N2O5S/c1-11(2)26-16-7-6-13(19(24)25)9-14(16)21-18(23)10-15(20-12(3)22)17-5-4-8-27-17/h4-9,11,15H,10H2,1-3H3,(H,20,22)(H,21,23)(H,24,25). The zero-order chi connectivity index (χ0) is 20.0. The lowest BCUT2D eigenvalue weighted by Gasteiger charge is -2.18. The Morgan fingerprint density at radius 3 is 2.52 bits per heavy atom. The normalized spacial score (nSPS) is 11.7. The fourth-order valence-corrected chi connectivity index (χ4v) is 3.24. The molecule has 0 aliphatic heterocycles. The van der Waals surface area contributed by atoms with Crippen LogP contribution in [0.15, 0.2) is 35.7 Å². The van der Waals surface area contributed by atoms with Crippen LogP contribution >= 0.6 is 11.3 Å². The first-order chi connectivity index (χ1) is 12.8. The van der Waals surface area contributed by atoms with Gasteiger partial charge in [0.05, 0.1) is 29.8 Å². The molecule has 1 unspecified atom stereocenters. The van der Waals surface area contributed by atoms with Crippen LogP contribution in [0.4, 0.5) is 5.69 Å². The zero-order valence-electron chi connectivity index (χ0n) is 15.3. The fourth-order valence-electron chi connectivity index (χ4n) is 2.46. The van der Waals surface area contributed by atoms with Crippen LogP contribution in [0.3, 0.4) is 0 Å². The van der Waals surface area contributed by atoms with E-state index in [1.165, 1.54) is 36.5 Å². The summed E-state index contributed by atoms with van der Waals surface area (Å²) in [5.41, 5.74) is 0.319. The van der Waals surface area contributed by atoms with Gasteiger partial charge in [-0.1, -0.05) is 6.07 Å². The second kappa shape index (κ2) is 9.18. The Labute approximate surface area is 161 Å². The molecule has 0 fully saturated rings. The average molecular weight is 390 g/mol. The summed E-state index contributed by atoms with van der Waals surface area (Å²) in [6.45, 7) is 5.06. The smallest absolute Gasteiger partial charge is 0.335 e. The average Bonchev–Trinajstić information content (AvgIpc) is 3.09. The quantitative estimate of drug-likeness (QED) is 0.640. The lowest BCUT2D eigenvalue weighted by Crippen LogP contribution is -2.29. The van der Waals surface area contributed by atoms with Crippen molar-refractivity contribution in [3.05, 3.63) is 46.2 Å². The minimum atomic E-state index is -1.10. The molecule has 1 aromatic heterocycles. The molecule has 7 nitrogen and oxygen atoms in total. The summed E-state index contributed by atoms with van der Waals surface area (Å²) in [5.74, 6) is -1.32. The van der Waals surface area contributed by atoms with Crippen molar-refractivity contribution in [2.75, 3.05) is 5.32 Å². The van der Waals surface area contributed by atoms with Gasteiger partial charge in [-0.2, -0.15) is 0 Å². The Morgan fingerprint density at radius 1 is 1.22 bits per heavy atom. The van der Waals surface area contributed by atoms with Gasteiger partial charge in [0.2, 0.25) is 11.8 Å². The number of anilines is 1. The van der Waals surface area contributed by atoms with E-state index in [9.17, 15) is 19.5 Å². The number of amides is 2. The van der Waals surface area contributed by atoms with Crippen molar-refractivity contribution in [3.63, 3.8) is 0 Å². The number of benzene rings is 1. The van der Waals surface area contributed by atoms with Crippen molar-refractivity contribution >= 4 is 34.8 Å². The molecule has 1 heterocycles. The van der Waals surface area contributed by atoms with Crippen molar-refractivity contribution in [1.29, 1.82) is 0 Å². The number of carboxylic acids is 1. The number of carbonyl (C=O) groups excluding carboxylic acids is 2. The van der Waals surface area contributed by atoms with Gasteiger partial charge in [0.1, 0.15) is 5.75 Å². The molecular weight excluding hydrogens is 368 g/mol. The SMILES string of the molecule is CC(=O)NC(CC(=O)Nc1cc(C(=O)O)ccc1OC(C)C)c1cccs1. The van der Waals surface area contributed by atoms with Crippen molar-refractivity contribution in [3.8, 4) is 5.75 Å². The molecule has 0 aliphatic carbocycles. The van der Waals surface area contributed by atoms with E-state index in [2.05, 4.69) is 10.6 Å². The first-order valence-electron chi connectivity index (χ1n) is 8.40. The Balaban J connectivity index is 2.20. The third-order valence-electron chi connectivity index (χ3n) is 3.52. The number of nitrogens with one attached hydrogen (secondary N) is 2. The first kappa shape index (κ1) is 20.4. The van der Waals surface area contributed by atoms with Crippen molar-refractivity contribution in [2.45, 2.75) is 39.3 Å². The van der Waals surface area contributed by atoms with Crippen LogP contribution in [0, 0.1) is 0 Å².